The van der Waals surface area contributed by atoms with Crippen molar-refractivity contribution in [3.8, 4) is 5.82 Å². The first-order valence-electron chi connectivity index (χ1n) is 6.22. The number of aromatic nitrogens is 4. The second kappa shape index (κ2) is 4.35. The largest absolute Gasteiger partial charge is 0.331 e. The summed E-state index contributed by atoms with van der Waals surface area (Å²) in [5.41, 5.74) is 1.63. The Bertz CT molecular complexity index is 787. The van der Waals surface area contributed by atoms with Crippen LogP contribution in [0.25, 0.3) is 16.7 Å². The molecular weight excluding hydrogens is 240 g/mol. The molecule has 0 unspecified atom stereocenters. The molecule has 0 fully saturated rings. The SMILES string of the molecule is CCc1nc2cccc(C)c2c(=O)n1-c1cnc[nH]1. The van der Waals surface area contributed by atoms with Crippen LogP contribution in [0.2, 0.25) is 0 Å². The summed E-state index contributed by atoms with van der Waals surface area (Å²) in [4.78, 5) is 24.2. The minimum Gasteiger partial charge on any atom is -0.331 e. The molecule has 0 aliphatic heterocycles. The Morgan fingerprint density at radius 3 is 2.89 bits per heavy atom. The van der Waals surface area contributed by atoms with Crippen LogP contribution in [0, 0.1) is 6.92 Å². The molecule has 19 heavy (non-hydrogen) atoms. The van der Waals surface area contributed by atoms with Crippen LogP contribution in [0.3, 0.4) is 0 Å². The van der Waals surface area contributed by atoms with Gasteiger partial charge in [0.15, 0.2) is 0 Å². The first-order valence-corrected chi connectivity index (χ1v) is 6.22. The molecule has 3 aromatic rings. The van der Waals surface area contributed by atoms with Gasteiger partial charge in [0.2, 0.25) is 0 Å². The highest BCUT2D eigenvalue weighted by molar-refractivity contribution is 5.81. The lowest BCUT2D eigenvalue weighted by Gasteiger charge is -2.11. The standard InChI is InChI=1S/C14H14N4O/c1-3-11-17-10-6-4-5-9(2)13(10)14(19)18(11)12-7-15-8-16-12/h4-8H,3H2,1-2H3,(H,15,16). The van der Waals surface area contributed by atoms with E-state index in [9.17, 15) is 4.79 Å². The highest BCUT2D eigenvalue weighted by Gasteiger charge is 2.13. The summed E-state index contributed by atoms with van der Waals surface area (Å²) in [6.45, 7) is 3.91. The molecule has 2 aromatic heterocycles. The topological polar surface area (TPSA) is 63.6 Å². The molecule has 0 amide bonds. The molecule has 5 heteroatoms. The molecule has 1 aromatic carbocycles. The van der Waals surface area contributed by atoms with Crippen molar-refractivity contribution in [2.45, 2.75) is 20.3 Å². The van der Waals surface area contributed by atoms with Gasteiger partial charge in [0.1, 0.15) is 11.6 Å². The monoisotopic (exact) mass is 254 g/mol. The lowest BCUT2D eigenvalue weighted by Crippen LogP contribution is -2.24. The van der Waals surface area contributed by atoms with Gasteiger partial charge < -0.3 is 4.98 Å². The van der Waals surface area contributed by atoms with E-state index in [-0.39, 0.29) is 5.56 Å². The van der Waals surface area contributed by atoms with Gasteiger partial charge in [-0.15, -0.1) is 0 Å². The third-order valence-electron chi connectivity index (χ3n) is 3.22. The van der Waals surface area contributed by atoms with E-state index < -0.39 is 0 Å². The summed E-state index contributed by atoms with van der Waals surface area (Å²) in [5, 5.41) is 0.661. The van der Waals surface area contributed by atoms with E-state index in [1.165, 1.54) is 0 Å². The van der Waals surface area contributed by atoms with Crippen LogP contribution in [0.5, 0.6) is 0 Å². The second-order valence-electron chi connectivity index (χ2n) is 4.43. The summed E-state index contributed by atoms with van der Waals surface area (Å²) in [6.07, 6.45) is 3.87. The molecule has 0 spiro atoms. The average Bonchev–Trinajstić information content (AvgIpc) is 2.91. The van der Waals surface area contributed by atoms with E-state index in [1.54, 1.807) is 17.1 Å². The minimum atomic E-state index is -0.0517. The normalized spacial score (nSPS) is 11.1. The van der Waals surface area contributed by atoms with Gasteiger partial charge in [-0.1, -0.05) is 19.1 Å². The first kappa shape index (κ1) is 11.6. The Balaban J connectivity index is 2.47. The molecule has 0 aliphatic rings. The number of hydrogen-bond donors (Lipinski definition) is 1. The number of nitrogens with one attached hydrogen (secondary N) is 1. The Kier molecular flexibility index (Phi) is 2.67. The van der Waals surface area contributed by atoms with Crippen molar-refractivity contribution in [2.75, 3.05) is 0 Å². The molecular formula is C14H14N4O. The molecule has 2 heterocycles. The van der Waals surface area contributed by atoms with Crippen LogP contribution < -0.4 is 5.56 Å². The molecule has 0 radical (unpaired) electrons. The highest BCUT2D eigenvalue weighted by Crippen LogP contribution is 2.15. The number of rotatable bonds is 2. The second-order valence-corrected chi connectivity index (χ2v) is 4.43. The quantitative estimate of drug-likeness (QED) is 0.760. The Morgan fingerprint density at radius 1 is 1.37 bits per heavy atom. The van der Waals surface area contributed by atoms with Crippen molar-refractivity contribution in [1.82, 2.24) is 19.5 Å². The summed E-state index contributed by atoms with van der Waals surface area (Å²) < 4.78 is 1.60. The van der Waals surface area contributed by atoms with Gasteiger partial charge in [-0.3, -0.25) is 4.79 Å². The van der Waals surface area contributed by atoms with Crippen LogP contribution in [0.1, 0.15) is 18.3 Å². The third-order valence-corrected chi connectivity index (χ3v) is 3.22. The molecule has 5 nitrogen and oxygen atoms in total. The number of hydrogen-bond acceptors (Lipinski definition) is 3. The molecule has 0 saturated carbocycles. The average molecular weight is 254 g/mol. The zero-order valence-electron chi connectivity index (χ0n) is 10.8. The minimum absolute atomic E-state index is 0.0517. The van der Waals surface area contributed by atoms with Crippen LogP contribution >= 0.6 is 0 Å². The van der Waals surface area contributed by atoms with Crippen molar-refractivity contribution in [3.63, 3.8) is 0 Å². The zero-order chi connectivity index (χ0) is 13.4. The van der Waals surface area contributed by atoms with Crippen LogP contribution in [0.4, 0.5) is 0 Å². The molecule has 0 aliphatic carbocycles. The smallest absolute Gasteiger partial charge is 0.267 e. The van der Waals surface area contributed by atoms with Gasteiger partial charge in [0.25, 0.3) is 5.56 Å². The predicted octanol–water partition coefficient (Wildman–Crippen LogP) is 1.98. The number of imidazole rings is 1. The van der Waals surface area contributed by atoms with Gasteiger partial charge in [-0.05, 0) is 18.6 Å². The molecule has 3 rings (SSSR count). The number of aromatic amines is 1. The highest BCUT2D eigenvalue weighted by atomic mass is 16.1. The fourth-order valence-electron chi connectivity index (χ4n) is 2.30. The maximum absolute atomic E-state index is 12.7. The van der Waals surface area contributed by atoms with Crippen molar-refractivity contribution in [1.29, 1.82) is 0 Å². The van der Waals surface area contributed by atoms with E-state index >= 15 is 0 Å². The molecule has 0 saturated heterocycles. The van der Waals surface area contributed by atoms with Crippen molar-refractivity contribution in [3.05, 3.63) is 52.5 Å². The van der Waals surface area contributed by atoms with Gasteiger partial charge >= 0.3 is 0 Å². The van der Waals surface area contributed by atoms with Gasteiger partial charge in [-0.25, -0.2) is 14.5 Å². The molecule has 0 atom stereocenters. The van der Waals surface area contributed by atoms with Crippen molar-refractivity contribution < 1.29 is 0 Å². The van der Waals surface area contributed by atoms with Gasteiger partial charge in [0.05, 0.1) is 23.4 Å². The summed E-state index contributed by atoms with van der Waals surface area (Å²) in [7, 11) is 0. The summed E-state index contributed by atoms with van der Waals surface area (Å²) in [6, 6.07) is 5.72. The lowest BCUT2D eigenvalue weighted by atomic mass is 10.1. The maximum Gasteiger partial charge on any atom is 0.267 e. The first-order chi connectivity index (χ1) is 9.22. The Hall–Kier alpha value is -2.43. The number of benzene rings is 1. The fourth-order valence-corrected chi connectivity index (χ4v) is 2.30. The van der Waals surface area contributed by atoms with Crippen LogP contribution in [0.15, 0.2) is 35.5 Å². The van der Waals surface area contributed by atoms with Crippen molar-refractivity contribution >= 4 is 10.9 Å². The Labute approximate surface area is 110 Å². The van der Waals surface area contributed by atoms with E-state index in [0.29, 0.717) is 17.6 Å². The number of fused-ring (bicyclic) bond motifs is 1. The van der Waals surface area contributed by atoms with E-state index in [2.05, 4.69) is 15.0 Å². The summed E-state index contributed by atoms with van der Waals surface area (Å²) in [5.74, 6) is 1.38. The fraction of sp³-hybridized carbons (Fsp3) is 0.214. The van der Waals surface area contributed by atoms with Gasteiger partial charge in [-0.2, -0.15) is 0 Å². The predicted molar refractivity (Wildman–Crippen MR) is 73.6 cm³/mol. The number of H-pyrrole nitrogens is 1. The number of nitrogens with zero attached hydrogens (tertiary/aromatic N) is 3. The Morgan fingerprint density at radius 2 is 2.21 bits per heavy atom. The maximum atomic E-state index is 12.7. The number of aryl methyl sites for hydroxylation is 2. The molecule has 1 N–H and O–H groups in total. The summed E-state index contributed by atoms with van der Waals surface area (Å²) >= 11 is 0. The lowest BCUT2D eigenvalue weighted by molar-refractivity contribution is 0.816. The molecule has 96 valence electrons. The van der Waals surface area contributed by atoms with E-state index in [1.807, 2.05) is 32.0 Å². The van der Waals surface area contributed by atoms with Crippen LogP contribution in [-0.2, 0) is 6.42 Å². The van der Waals surface area contributed by atoms with Crippen LogP contribution in [-0.4, -0.2) is 19.5 Å². The third kappa shape index (κ3) is 1.74. The van der Waals surface area contributed by atoms with Gasteiger partial charge in [0, 0.05) is 6.42 Å². The zero-order valence-corrected chi connectivity index (χ0v) is 10.8. The van der Waals surface area contributed by atoms with E-state index in [0.717, 1.165) is 16.9 Å². The van der Waals surface area contributed by atoms with E-state index in [4.69, 9.17) is 0 Å². The van der Waals surface area contributed by atoms with Crippen molar-refractivity contribution in [2.24, 2.45) is 0 Å². The molecule has 0 bridgehead atoms.